The monoisotopic (exact) mass is 368 g/mol. The molecular formula is C16H24N4O4S. The lowest BCUT2D eigenvalue weighted by atomic mass is 10.2. The zero-order chi connectivity index (χ0) is 18.4. The van der Waals surface area contributed by atoms with Crippen LogP contribution in [0, 0.1) is 0 Å². The summed E-state index contributed by atoms with van der Waals surface area (Å²) in [6.45, 7) is 2.49. The Bertz CT molecular complexity index is 718. The van der Waals surface area contributed by atoms with E-state index in [0.717, 1.165) is 5.56 Å². The van der Waals surface area contributed by atoms with E-state index in [1.807, 2.05) is 0 Å². The maximum Gasteiger partial charge on any atom is 0.316 e. The lowest BCUT2D eigenvalue weighted by molar-refractivity contribution is -0.124. The number of primary amides is 1. The van der Waals surface area contributed by atoms with Crippen molar-refractivity contribution in [1.82, 2.24) is 9.62 Å². The summed E-state index contributed by atoms with van der Waals surface area (Å²) in [4.78, 5) is 23.2. The topological polar surface area (TPSA) is 122 Å². The molecule has 0 spiro atoms. The number of carbonyl (C=O) groups excluding carboxylic acids is 2. The molecule has 1 aliphatic heterocycles. The van der Waals surface area contributed by atoms with Gasteiger partial charge in [-0.2, -0.15) is 4.31 Å². The van der Waals surface area contributed by atoms with Crippen molar-refractivity contribution in [3.8, 4) is 0 Å². The van der Waals surface area contributed by atoms with Crippen LogP contribution in [0.15, 0.2) is 24.3 Å². The summed E-state index contributed by atoms with van der Waals surface area (Å²) in [5, 5.41) is 5.24. The van der Waals surface area contributed by atoms with E-state index in [2.05, 4.69) is 10.6 Å². The maximum atomic E-state index is 12.4. The Morgan fingerprint density at radius 2 is 1.96 bits per heavy atom. The van der Waals surface area contributed by atoms with Crippen LogP contribution < -0.4 is 16.4 Å². The molecule has 1 fully saturated rings. The zero-order valence-corrected chi connectivity index (χ0v) is 15.0. The number of amides is 3. The predicted octanol–water partition coefficient (Wildman–Crippen LogP) is 0.998. The molecule has 9 heteroatoms. The minimum atomic E-state index is -3.38. The van der Waals surface area contributed by atoms with Crippen molar-refractivity contribution in [3.63, 3.8) is 0 Å². The second-order valence-corrected chi connectivity index (χ2v) is 8.03. The number of nitrogens with one attached hydrogen (secondary N) is 2. The molecule has 0 saturated carbocycles. The van der Waals surface area contributed by atoms with Crippen molar-refractivity contribution in [1.29, 1.82) is 0 Å². The van der Waals surface area contributed by atoms with Crippen LogP contribution in [0.1, 0.15) is 31.7 Å². The molecule has 3 amide bonds. The van der Waals surface area contributed by atoms with Gasteiger partial charge in [0.05, 0.1) is 5.75 Å². The van der Waals surface area contributed by atoms with E-state index in [4.69, 9.17) is 5.73 Å². The highest BCUT2D eigenvalue weighted by Crippen LogP contribution is 2.22. The Labute approximate surface area is 147 Å². The second-order valence-electron chi connectivity index (χ2n) is 5.99. The van der Waals surface area contributed by atoms with E-state index >= 15 is 0 Å². The second kappa shape index (κ2) is 8.30. The molecule has 1 aliphatic rings. The number of hydrogen-bond donors (Lipinski definition) is 3. The largest absolute Gasteiger partial charge is 0.351 e. The van der Waals surface area contributed by atoms with E-state index in [1.165, 1.54) is 4.31 Å². The molecule has 25 heavy (non-hydrogen) atoms. The van der Waals surface area contributed by atoms with Gasteiger partial charge in [-0.1, -0.05) is 19.1 Å². The highest BCUT2D eigenvalue weighted by molar-refractivity contribution is 7.89. The third-order valence-electron chi connectivity index (χ3n) is 4.01. The molecule has 2 rings (SSSR count). The first kappa shape index (κ1) is 19.2. The minimum Gasteiger partial charge on any atom is -0.351 e. The minimum absolute atomic E-state index is 0.0606. The van der Waals surface area contributed by atoms with Crippen molar-refractivity contribution in [3.05, 3.63) is 29.8 Å². The van der Waals surface area contributed by atoms with Gasteiger partial charge in [-0.05, 0) is 37.0 Å². The van der Waals surface area contributed by atoms with Crippen LogP contribution in [0.4, 0.5) is 10.5 Å². The fourth-order valence-corrected chi connectivity index (χ4v) is 4.61. The van der Waals surface area contributed by atoms with Crippen LogP contribution in [0.5, 0.6) is 0 Å². The Morgan fingerprint density at radius 1 is 1.28 bits per heavy atom. The van der Waals surface area contributed by atoms with Gasteiger partial charge in [0.2, 0.25) is 15.9 Å². The average molecular weight is 368 g/mol. The highest BCUT2D eigenvalue weighted by Gasteiger charge is 2.37. The number of rotatable bonds is 7. The van der Waals surface area contributed by atoms with Gasteiger partial charge in [-0.15, -0.1) is 0 Å². The summed E-state index contributed by atoms with van der Waals surface area (Å²) in [7, 11) is -3.38. The molecule has 0 aromatic heterocycles. The molecule has 8 nitrogen and oxygen atoms in total. The normalized spacial score (nSPS) is 18.0. The number of carbonyl (C=O) groups is 2. The van der Waals surface area contributed by atoms with Gasteiger partial charge in [-0.25, -0.2) is 13.2 Å². The Morgan fingerprint density at radius 3 is 2.56 bits per heavy atom. The summed E-state index contributed by atoms with van der Waals surface area (Å²) in [6.07, 6.45) is 1.75. The van der Waals surface area contributed by atoms with Crippen molar-refractivity contribution in [2.75, 3.05) is 17.6 Å². The van der Waals surface area contributed by atoms with Gasteiger partial charge in [0.15, 0.2) is 0 Å². The number of nitrogens with zero attached hydrogens (tertiary/aromatic N) is 1. The first-order valence-electron chi connectivity index (χ1n) is 8.26. The molecule has 1 atom stereocenters. The lowest BCUT2D eigenvalue weighted by Crippen LogP contribution is -2.46. The summed E-state index contributed by atoms with van der Waals surface area (Å²) < 4.78 is 25.8. The average Bonchev–Trinajstić information content (AvgIpc) is 3.04. The van der Waals surface area contributed by atoms with Crippen molar-refractivity contribution < 1.29 is 18.0 Å². The molecule has 1 aromatic rings. The van der Waals surface area contributed by atoms with Crippen LogP contribution in [-0.4, -0.2) is 43.0 Å². The number of sulfonamides is 1. The van der Waals surface area contributed by atoms with Crippen LogP contribution in [0.2, 0.25) is 0 Å². The van der Waals surface area contributed by atoms with Crippen molar-refractivity contribution in [2.24, 2.45) is 5.73 Å². The number of anilines is 1. The number of hydrogen-bond acceptors (Lipinski definition) is 4. The highest BCUT2D eigenvalue weighted by atomic mass is 32.2. The van der Waals surface area contributed by atoms with Crippen LogP contribution in [0.3, 0.4) is 0 Å². The SMILES string of the molecule is CCCS(=O)(=O)N1CCCC1C(=O)NCc1ccc(NC(N)=O)cc1. The third kappa shape index (κ3) is 5.17. The van der Waals surface area contributed by atoms with Gasteiger partial charge in [-0.3, -0.25) is 4.79 Å². The summed E-state index contributed by atoms with van der Waals surface area (Å²) in [5.41, 5.74) is 6.44. The van der Waals surface area contributed by atoms with Gasteiger partial charge < -0.3 is 16.4 Å². The molecule has 1 aromatic carbocycles. The summed E-state index contributed by atoms with van der Waals surface area (Å²) in [5.74, 6) is -0.220. The van der Waals surface area contributed by atoms with Gasteiger partial charge in [0.25, 0.3) is 0 Å². The molecule has 0 radical (unpaired) electrons. The van der Waals surface area contributed by atoms with E-state index in [1.54, 1.807) is 31.2 Å². The Kier molecular flexibility index (Phi) is 6.38. The molecule has 138 valence electrons. The van der Waals surface area contributed by atoms with Crippen molar-refractivity contribution in [2.45, 2.75) is 38.8 Å². The molecule has 1 heterocycles. The van der Waals surface area contributed by atoms with Crippen molar-refractivity contribution >= 4 is 27.6 Å². The quantitative estimate of drug-likeness (QED) is 0.664. The predicted molar refractivity (Wildman–Crippen MR) is 95.3 cm³/mol. The molecular weight excluding hydrogens is 344 g/mol. The molecule has 4 N–H and O–H groups in total. The fourth-order valence-electron chi connectivity index (χ4n) is 2.87. The molecule has 0 bridgehead atoms. The van der Waals surface area contributed by atoms with Crippen LogP contribution in [0.25, 0.3) is 0 Å². The van der Waals surface area contributed by atoms with Crippen LogP contribution >= 0.6 is 0 Å². The summed E-state index contributed by atoms with van der Waals surface area (Å²) >= 11 is 0. The molecule has 1 unspecified atom stereocenters. The van der Waals surface area contributed by atoms with Gasteiger partial charge in [0.1, 0.15) is 6.04 Å². The zero-order valence-electron chi connectivity index (χ0n) is 14.2. The number of urea groups is 1. The first-order chi connectivity index (χ1) is 11.8. The van der Waals surface area contributed by atoms with E-state index < -0.39 is 22.1 Å². The number of benzene rings is 1. The van der Waals surface area contributed by atoms with E-state index in [-0.39, 0.29) is 18.2 Å². The van der Waals surface area contributed by atoms with Crippen LogP contribution in [-0.2, 0) is 21.4 Å². The standard InChI is InChI=1S/C16H24N4O4S/c1-2-10-25(23,24)20-9-3-4-14(20)15(21)18-11-12-5-7-13(8-6-12)19-16(17)22/h5-8,14H,2-4,9-11H2,1H3,(H,18,21)(H3,17,19,22). The lowest BCUT2D eigenvalue weighted by Gasteiger charge is -2.23. The van der Waals surface area contributed by atoms with Gasteiger partial charge >= 0.3 is 6.03 Å². The Balaban J connectivity index is 1.94. The third-order valence-corrected chi connectivity index (χ3v) is 6.09. The van der Waals surface area contributed by atoms with Gasteiger partial charge in [0, 0.05) is 18.8 Å². The van der Waals surface area contributed by atoms with E-state index in [0.29, 0.717) is 31.5 Å². The molecule has 0 aliphatic carbocycles. The molecule has 1 saturated heterocycles. The smallest absolute Gasteiger partial charge is 0.316 e. The Hall–Kier alpha value is -2.13. The van der Waals surface area contributed by atoms with E-state index in [9.17, 15) is 18.0 Å². The summed E-state index contributed by atoms with van der Waals surface area (Å²) in [6, 6.07) is 5.60. The number of nitrogens with two attached hydrogens (primary N) is 1. The maximum absolute atomic E-state index is 12.4. The first-order valence-corrected chi connectivity index (χ1v) is 9.87. The fraction of sp³-hybridized carbons (Fsp3) is 0.500.